The van der Waals surface area contributed by atoms with Crippen molar-refractivity contribution in [3.63, 3.8) is 0 Å². The number of benzene rings is 1. The van der Waals surface area contributed by atoms with Crippen LogP contribution >= 0.6 is 0 Å². The molecule has 0 radical (unpaired) electrons. The number of nitrogens with zero attached hydrogens (tertiary/aromatic N) is 5. The van der Waals surface area contributed by atoms with Gasteiger partial charge >= 0.3 is 5.69 Å². The Bertz CT molecular complexity index is 1190. The van der Waals surface area contributed by atoms with Gasteiger partial charge in [-0.3, -0.25) is 13.9 Å². The molecule has 2 aromatic heterocycles. The van der Waals surface area contributed by atoms with Crippen molar-refractivity contribution in [2.75, 3.05) is 32.3 Å². The van der Waals surface area contributed by atoms with Gasteiger partial charge in [-0.2, -0.15) is 4.98 Å². The summed E-state index contributed by atoms with van der Waals surface area (Å²) in [6.07, 6.45) is 0.330. The molecule has 10 heteroatoms. The average molecular weight is 401 g/mol. The summed E-state index contributed by atoms with van der Waals surface area (Å²) >= 11 is 0. The predicted molar refractivity (Wildman–Crippen MR) is 107 cm³/mol. The Morgan fingerprint density at radius 1 is 1.17 bits per heavy atom. The first-order valence-corrected chi connectivity index (χ1v) is 9.32. The molecule has 0 saturated carbocycles. The van der Waals surface area contributed by atoms with Crippen molar-refractivity contribution in [1.29, 1.82) is 0 Å². The topological polar surface area (TPSA) is 104 Å². The molecule has 1 N–H and O–H groups in total. The van der Waals surface area contributed by atoms with E-state index in [1.54, 1.807) is 27.3 Å². The highest BCUT2D eigenvalue weighted by Crippen LogP contribution is 2.39. The second-order valence-electron chi connectivity index (χ2n) is 6.80. The van der Waals surface area contributed by atoms with Crippen LogP contribution in [0.25, 0.3) is 11.2 Å². The van der Waals surface area contributed by atoms with Gasteiger partial charge in [0, 0.05) is 39.4 Å². The maximum absolute atomic E-state index is 13.0. The molecule has 0 saturated heterocycles. The van der Waals surface area contributed by atoms with Crippen LogP contribution in [0, 0.1) is 0 Å². The number of ether oxygens (including phenoxy) is 2. The van der Waals surface area contributed by atoms with Gasteiger partial charge in [0.25, 0.3) is 5.56 Å². The molecule has 0 spiro atoms. The second kappa shape index (κ2) is 7.28. The summed E-state index contributed by atoms with van der Waals surface area (Å²) in [5.41, 5.74) is 0.690. The SMILES string of the molecule is COc1ccc(N2CCn3c2nc2c3c(=O)n(CCCO)c(=O)n2C)c(OC)c1. The highest BCUT2D eigenvalue weighted by Gasteiger charge is 2.30. The van der Waals surface area contributed by atoms with E-state index in [9.17, 15) is 9.59 Å². The number of methoxy groups -OCH3 is 2. The minimum absolute atomic E-state index is 0.0941. The first-order valence-electron chi connectivity index (χ1n) is 9.32. The number of aliphatic hydroxyl groups excluding tert-OH is 1. The van der Waals surface area contributed by atoms with Crippen LogP contribution in [0.15, 0.2) is 27.8 Å². The normalized spacial score (nSPS) is 13.2. The molecular formula is C19H23N5O5. The van der Waals surface area contributed by atoms with E-state index in [1.807, 2.05) is 21.6 Å². The molecule has 0 bridgehead atoms. The van der Waals surface area contributed by atoms with Crippen molar-refractivity contribution in [1.82, 2.24) is 18.7 Å². The lowest BCUT2D eigenvalue weighted by molar-refractivity contribution is 0.277. The Morgan fingerprint density at radius 2 is 1.97 bits per heavy atom. The number of hydrogen-bond acceptors (Lipinski definition) is 7. The van der Waals surface area contributed by atoms with Crippen molar-refractivity contribution in [3.8, 4) is 11.5 Å². The fourth-order valence-corrected chi connectivity index (χ4v) is 3.74. The van der Waals surface area contributed by atoms with E-state index in [-0.39, 0.29) is 18.7 Å². The fraction of sp³-hybridized carbons (Fsp3) is 0.421. The highest BCUT2D eigenvalue weighted by atomic mass is 16.5. The van der Waals surface area contributed by atoms with Crippen LogP contribution in [-0.2, 0) is 20.1 Å². The lowest BCUT2D eigenvalue weighted by Gasteiger charge is -2.19. The molecular weight excluding hydrogens is 378 g/mol. The summed E-state index contributed by atoms with van der Waals surface area (Å²) in [6, 6.07) is 5.50. The van der Waals surface area contributed by atoms with Gasteiger partial charge in [0.15, 0.2) is 11.2 Å². The molecule has 3 aromatic rings. The van der Waals surface area contributed by atoms with E-state index in [1.165, 1.54) is 4.57 Å². The van der Waals surface area contributed by atoms with E-state index >= 15 is 0 Å². The number of hydrogen-bond donors (Lipinski definition) is 1. The number of fused-ring (bicyclic) bond motifs is 3. The standard InChI is InChI=1S/C19H23N5O5/c1-21-16-15(17(26)24(19(21)27)7-4-10-25)23-9-8-22(18(23)20-16)13-6-5-12(28-2)11-14(13)29-3/h5-6,11,25H,4,7-10H2,1-3H3. The van der Waals surface area contributed by atoms with Crippen LogP contribution in [0.2, 0.25) is 0 Å². The van der Waals surface area contributed by atoms with Gasteiger partial charge < -0.3 is 24.0 Å². The van der Waals surface area contributed by atoms with Gasteiger partial charge in [-0.1, -0.05) is 0 Å². The van der Waals surface area contributed by atoms with E-state index in [2.05, 4.69) is 4.98 Å². The maximum atomic E-state index is 13.0. The number of imidazole rings is 1. The predicted octanol–water partition coefficient (Wildman–Crippen LogP) is 0.448. The Kier molecular flexibility index (Phi) is 4.79. The summed E-state index contributed by atoms with van der Waals surface area (Å²) in [5, 5.41) is 9.09. The van der Waals surface area contributed by atoms with Crippen molar-refractivity contribution in [2.24, 2.45) is 7.05 Å². The summed E-state index contributed by atoms with van der Waals surface area (Å²) < 4.78 is 15.1. The minimum Gasteiger partial charge on any atom is -0.497 e. The molecule has 1 aromatic carbocycles. The van der Waals surface area contributed by atoms with Crippen molar-refractivity contribution >= 4 is 22.8 Å². The van der Waals surface area contributed by atoms with E-state index in [0.29, 0.717) is 48.1 Å². The number of aromatic nitrogens is 4. The molecule has 1 aliphatic rings. The second-order valence-corrected chi connectivity index (χ2v) is 6.80. The van der Waals surface area contributed by atoms with Crippen LogP contribution in [0.3, 0.4) is 0 Å². The van der Waals surface area contributed by atoms with Crippen molar-refractivity contribution in [2.45, 2.75) is 19.5 Å². The van der Waals surface area contributed by atoms with Gasteiger partial charge in [0.1, 0.15) is 11.5 Å². The molecule has 29 heavy (non-hydrogen) atoms. The van der Waals surface area contributed by atoms with E-state index in [4.69, 9.17) is 14.6 Å². The third kappa shape index (κ3) is 2.87. The third-order valence-corrected chi connectivity index (χ3v) is 5.22. The number of anilines is 2. The monoisotopic (exact) mass is 401 g/mol. The Balaban J connectivity index is 1.89. The molecule has 0 atom stereocenters. The summed E-state index contributed by atoms with van der Waals surface area (Å²) in [4.78, 5) is 32.2. The zero-order valence-electron chi connectivity index (χ0n) is 16.6. The highest BCUT2D eigenvalue weighted by molar-refractivity contribution is 5.79. The zero-order valence-corrected chi connectivity index (χ0v) is 16.6. The van der Waals surface area contributed by atoms with Crippen molar-refractivity contribution in [3.05, 3.63) is 39.0 Å². The first kappa shape index (κ1) is 19.1. The Labute approximate surface area is 166 Å². The van der Waals surface area contributed by atoms with Gasteiger partial charge in [0.05, 0.1) is 19.9 Å². The lowest BCUT2D eigenvalue weighted by atomic mass is 10.2. The number of aliphatic hydroxyl groups is 1. The minimum atomic E-state index is -0.443. The fourth-order valence-electron chi connectivity index (χ4n) is 3.74. The van der Waals surface area contributed by atoms with Gasteiger partial charge in [-0.25, -0.2) is 4.79 Å². The lowest BCUT2D eigenvalue weighted by Crippen LogP contribution is -2.39. The van der Waals surface area contributed by atoms with Crippen LogP contribution in [0.4, 0.5) is 11.6 Å². The summed E-state index contributed by atoms with van der Waals surface area (Å²) in [6.45, 7) is 1.23. The smallest absolute Gasteiger partial charge is 0.332 e. The van der Waals surface area contributed by atoms with Crippen LogP contribution in [-0.4, -0.2) is 51.2 Å². The van der Waals surface area contributed by atoms with E-state index < -0.39 is 5.69 Å². The molecule has 0 aliphatic carbocycles. The molecule has 0 fully saturated rings. The molecule has 10 nitrogen and oxygen atoms in total. The van der Waals surface area contributed by atoms with Crippen LogP contribution < -0.4 is 25.6 Å². The average Bonchev–Trinajstić information content (AvgIpc) is 3.31. The van der Waals surface area contributed by atoms with E-state index in [0.717, 1.165) is 10.3 Å². The third-order valence-electron chi connectivity index (χ3n) is 5.22. The molecule has 4 rings (SSSR count). The van der Waals surface area contributed by atoms with Crippen molar-refractivity contribution < 1.29 is 14.6 Å². The quantitative estimate of drug-likeness (QED) is 0.639. The largest absolute Gasteiger partial charge is 0.497 e. The molecule has 0 amide bonds. The molecule has 1 aliphatic heterocycles. The van der Waals surface area contributed by atoms with Gasteiger partial charge in [-0.05, 0) is 18.6 Å². The Hall–Kier alpha value is -3.27. The number of aryl methyl sites for hydroxylation is 1. The molecule has 0 unspecified atom stereocenters. The van der Waals surface area contributed by atoms with Gasteiger partial charge in [-0.15, -0.1) is 0 Å². The Morgan fingerprint density at radius 3 is 2.66 bits per heavy atom. The zero-order chi connectivity index (χ0) is 20.7. The van der Waals surface area contributed by atoms with Crippen LogP contribution in [0.5, 0.6) is 11.5 Å². The number of rotatable bonds is 6. The maximum Gasteiger partial charge on any atom is 0.332 e. The summed E-state index contributed by atoms with van der Waals surface area (Å²) in [5.74, 6) is 1.88. The molecule has 154 valence electrons. The van der Waals surface area contributed by atoms with Crippen LogP contribution in [0.1, 0.15) is 6.42 Å². The summed E-state index contributed by atoms with van der Waals surface area (Å²) in [7, 11) is 4.77. The van der Waals surface area contributed by atoms with Gasteiger partial charge in [0.2, 0.25) is 5.95 Å². The first-order chi connectivity index (χ1) is 14.0. The molecule has 3 heterocycles.